The Bertz CT molecular complexity index is 512. The first-order valence-electron chi connectivity index (χ1n) is 9.17. The Kier molecular flexibility index (Phi) is 7.10. The van der Waals surface area contributed by atoms with Crippen molar-refractivity contribution in [2.45, 2.75) is 65.3 Å². The summed E-state index contributed by atoms with van der Waals surface area (Å²) in [5, 5.41) is 3.08. The first kappa shape index (κ1) is 18.0. The number of aryl methyl sites for hydroxylation is 2. The number of hydrogen-bond acceptors (Lipinski definition) is 2. The molecule has 1 N–H and O–H groups in total. The monoisotopic (exact) mass is 316 g/mol. The summed E-state index contributed by atoms with van der Waals surface area (Å²) in [7, 11) is 0. The van der Waals surface area contributed by atoms with Gasteiger partial charge < -0.3 is 10.2 Å². The van der Waals surface area contributed by atoms with E-state index in [-0.39, 0.29) is 5.91 Å². The van der Waals surface area contributed by atoms with E-state index in [1.165, 1.54) is 43.4 Å². The molecule has 0 bridgehead atoms. The minimum absolute atomic E-state index is 0.141. The van der Waals surface area contributed by atoms with Crippen LogP contribution in [0.25, 0.3) is 0 Å². The van der Waals surface area contributed by atoms with Crippen LogP contribution in [-0.2, 0) is 11.2 Å². The highest BCUT2D eigenvalue weighted by atomic mass is 16.1. The van der Waals surface area contributed by atoms with Gasteiger partial charge in [0.2, 0.25) is 5.91 Å². The first-order chi connectivity index (χ1) is 11.1. The molecule has 3 nitrogen and oxygen atoms in total. The standard InChI is InChI=1S/C20H32N2O/c1-4-19-8-5-6-12-22(19)13-7-11-21-20(23)15-18-10-9-16(2)14-17(18)3/h9-10,14,19H,4-8,11-13,15H2,1-3H3,(H,21,23)/t19-/m1/s1. The number of benzene rings is 1. The van der Waals surface area contributed by atoms with Gasteiger partial charge in [0.15, 0.2) is 0 Å². The fourth-order valence-electron chi connectivity index (χ4n) is 3.61. The molecule has 0 unspecified atom stereocenters. The molecule has 0 aliphatic carbocycles. The molecule has 0 aromatic heterocycles. The summed E-state index contributed by atoms with van der Waals surface area (Å²) in [4.78, 5) is 14.7. The third kappa shape index (κ3) is 5.65. The summed E-state index contributed by atoms with van der Waals surface area (Å²) >= 11 is 0. The molecule has 1 amide bonds. The zero-order chi connectivity index (χ0) is 16.7. The molecular formula is C20H32N2O. The molecule has 1 atom stereocenters. The predicted octanol–water partition coefficient (Wildman–Crippen LogP) is 3.62. The van der Waals surface area contributed by atoms with Crippen molar-refractivity contribution in [3.63, 3.8) is 0 Å². The average molecular weight is 316 g/mol. The van der Waals surface area contributed by atoms with Crippen molar-refractivity contribution >= 4 is 5.91 Å². The molecule has 1 aromatic carbocycles. The second kappa shape index (κ2) is 9.07. The molecular weight excluding hydrogens is 284 g/mol. The third-order valence-corrected chi connectivity index (χ3v) is 5.01. The van der Waals surface area contributed by atoms with Gasteiger partial charge in [0.1, 0.15) is 0 Å². The maximum atomic E-state index is 12.1. The molecule has 23 heavy (non-hydrogen) atoms. The van der Waals surface area contributed by atoms with Crippen molar-refractivity contribution in [1.29, 1.82) is 0 Å². The van der Waals surface area contributed by atoms with Gasteiger partial charge in [-0.1, -0.05) is 37.1 Å². The van der Waals surface area contributed by atoms with E-state index < -0.39 is 0 Å². The smallest absolute Gasteiger partial charge is 0.224 e. The van der Waals surface area contributed by atoms with Crippen LogP contribution >= 0.6 is 0 Å². The van der Waals surface area contributed by atoms with Crippen LogP contribution in [0.3, 0.4) is 0 Å². The van der Waals surface area contributed by atoms with Crippen LogP contribution in [0.5, 0.6) is 0 Å². The molecule has 0 radical (unpaired) electrons. The van der Waals surface area contributed by atoms with Crippen molar-refractivity contribution in [2.75, 3.05) is 19.6 Å². The molecule has 3 heteroatoms. The maximum Gasteiger partial charge on any atom is 0.224 e. The molecule has 1 saturated heterocycles. The third-order valence-electron chi connectivity index (χ3n) is 5.01. The van der Waals surface area contributed by atoms with Gasteiger partial charge >= 0.3 is 0 Å². The van der Waals surface area contributed by atoms with Gasteiger partial charge in [-0.25, -0.2) is 0 Å². The van der Waals surface area contributed by atoms with Crippen LogP contribution in [0.2, 0.25) is 0 Å². The highest BCUT2D eigenvalue weighted by Crippen LogP contribution is 2.19. The summed E-state index contributed by atoms with van der Waals surface area (Å²) in [6.07, 6.45) is 6.84. The van der Waals surface area contributed by atoms with Gasteiger partial charge in [0, 0.05) is 19.1 Å². The number of carbonyl (C=O) groups is 1. The van der Waals surface area contributed by atoms with Crippen molar-refractivity contribution in [1.82, 2.24) is 10.2 Å². The van der Waals surface area contributed by atoms with Gasteiger partial charge in [0.05, 0.1) is 6.42 Å². The number of carbonyl (C=O) groups excluding carboxylic acids is 1. The zero-order valence-corrected chi connectivity index (χ0v) is 15.0. The van der Waals surface area contributed by atoms with Crippen LogP contribution < -0.4 is 5.32 Å². The van der Waals surface area contributed by atoms with Crippen LogP contribution in [0.1, 0.15) is 55.7 Å². The predicted molar refractivity (Wildman–Crippen MR) is 96.7 cm³/mol. The SMILES string of the molecule is CC[C@@H]1CCCCN1CCCNC(=O)Cc1ccc(C)cc1C. The van der Waals surface area contributed by atoms with Crippen LogP contribution in [0.4, 0.5) is 0 Å². The topological polar surface area (TPSA) is 32.3 Å². The molecule has 1 fully saturated rings. The Morgan fingerprint density at radius 1 is 1.30 bits per heavy atom. The summed E-state index contributed by atoms with van der Waals surface area (Å²) < 4.78 is 0. The number of rotatable bonds is 7. The second-order valence-electron chi connectivity index (χ2n) is 6.90. The van der Waals surface area contributed by atoms with Gasteiger partial charge in [-0.15, -0.1) is 0 Å². The molecule has 0 spiro atoms. The Morgan fingerprint density at radius 2 is 2.13 bits per heavy atom. The molecule has 2 rings (SSSR count). The second-order valence-corrected chi connectivity index (χ2v) is 6.90. The van der Waals surface area contributed by atoms with E-state index in [1.54, 1.807) is 0 Å². The van der Waals surface area contributed by atoms with E-state index >= 15 is 0 Å². The average Bonchev–Trinajstić information content (AvgIpc) is 2.54. The van der Waals surface area contributed by atoms with E-state index in [4.69, 9.17) is 0 Å². The molecule has 128 valence electrons. The lowest BCUT2D eigenvalue weighted by atomic mass is 10.00. The lowest BCUT2D eigenvalue weighted by molar-refractivity contribution is -0.120. The van der Waals surface area contributed by atoms with Gasteiger partial charge in [0.25, 0.3) is 0 Å². The van der Waals surface area contributed by atoms with Crippen LogP contribution in [0.15, 0.2) is 18.2 Å². The normalized spacial score (nSPS) is 18.8. The fraction of sp³-hybridized carbons (Fsp3) is 0.650. The molecule has 1 aliphatic heterocycles. The van der Waals surface area contributed by atoms with Crippen molar-refractivity contribution in [3.05, 3.63) is 34.9 Å². The Hall–Kier alpha value is -1.35. The van der Waals surface area contributed by atoms with E-state index in [0.717, 1.165) is 31.1 Å². The van der Waals surface area contributed by atoms with E-state index in [1.807, 2.05) is 0 Å². The quantitative estimate of drug-likeness (QED) is 0.779. The number of piperidine rings is 1. The number of amides is 1. The number of likely N-dealkylation sites (tertiary alicyclic amines) is 1. The highest BCUT2D eigenvalue weighted by molar-refractivity contribution is 5.78. The van der Waals surface area contributed by atoms with Crippen molar-refractivity contribution in [2.24, 2.45) is 0 Å². The molecule has 1 aliphatic rings. The lowest BCUT2D eigenvalue weighted by Gasteiger charge is -2.35. The van der Waals surface area contributed by atoms with Gasteiger partial charge in [-0.2, -0.15) is 0 Å². The van der Waals surface area contributed by atoms with Crippen molar-refractivity contribution in [3.8, 4) is 0 Å². The lowest BCUT2D eigenvalue weighted by Crippen LogP contribution is -2.40. The van der Waals surface area contributed by atoms with E-state index in [9.17, 15) is 4.79 Å². The summed E-state index contributed by atoms with van der Waals surface area (Å²) in [5.41, 5.74) is 3.59. The van der Waals surface area contributed by atoms with Crippen LogP contribution in [-0.4, -0.2) is 36.5 Å². The summed E-state index contributed by atoms with van der Waals surface area (Å²) in [6.45, 7) is 9.58. The molecule has 1 heterocycles. The summed E-state index contributed by atoms with van der Waals surface area (Å²) in [6, 6.07) is 7.06. The Balaban J connectivity index is 1.68. The molecule has 1 aromatic rings. The largest absolute Gasteiger partial charge is 0.356 e. The Labute approximate surface area is 141 Å². The summed E-state index contributed by atoms with van der Waals surface area (Å²) in [5.74, 6) is 0.141. The fourth-order valence-corrected chi connectivity index (χ4v) is 3.61. The van der Waals surface area contributed by atoms with Gasteiger partial charge in [-0.3, -0.25) is 4.79 Å². The van der Waals surface area contributed by atoms with Crippen LogP contribution in [0, 0.1) is 13.8 Å². The molecule has 0 saturated carbocycles. The number of hydrogen-bond donors (Lipinski definition) is 1. The Morgan fingerprint density at radius 3 is 2.87 bits per heavy atom. The zero-order valence-electron chi connectivity index (χ0n) is 15.0. The maximum absolute atomic E-state index is 12.1. The minimum atomic E-state index is 0.141. The number of nitrogens with one attached hydrogen (secondary N) is 1. The van der Waals surface area contributed by atoms with E-state index in [0.29, 0.717) is 6.42 Å². The first-order valence-corrected chi connectivity index (χ1v) is 9.17. The highest BCUT2D eigenvalue weighted by Gasteiger charge is 2.19. The van der Waals surface area contributed by atoms with Crippen molar-refractivity contribution < 1.29 is 4.79 Å². The number of nitrogens with zero attached hydrogens (tertiary/aromatic N) is 1. The minimum Gasteiger partial charge on any atom is -0.356 e. The van der Waals surface area contributed by atoms with Gasteiger partial charge in [-0.05, 0) is 57.2 Å². The van der Waals surface area contributed by atoms with E-state index in [2.05, 4.69) is 49.2 Å².